The van der Waals surface area contributed by atoms with Crippen LogP contribution in [0.4, 0.5) is 5.69 Å². The average molecular weight is 350 g/mol. The van der Waals surface area contributed by atoms with Crippen LogP contribution in [-0.4, -0.2) is 22.3 Å². The zero-order valence-corrected chi connectivity index (χ0v) is 14.9. The highest BCUT2D eigenvalue weighted by Crippen LogP contribution is 2.49. The van der Waals surface area contributed by atoms with Crippen LogP contribution in [0, 0.1) is 10.1 Å². The Bertz CT molecular complexity index is 871. The number of nitro groups is 1. The van der Waals surface area contributed by atoms with Gasteiger partial charge >= 0.3 is 0 Å². The number of carbonyl (C=O) groups excluding carboxylic acids is 1. The predicted octanol–water partition coefficient (Wildman–Crippen LogP) is 4.62. The predicted molar refractivity (Wildman–Crippen MR) is 99.1 cm³/mol. The van der Waals surface area contributed by atoms with Gasteiger partial charge in [-0.05, 0) is 37.0 Å². The van der Waals surface area contributed by atoms with Gasteiger partial charge in [-0.3, -0.25) is 14.9 Å². The summed E-state index contributed by atoms with van der Waals surface area (Å²) in [6, 6.07) is 14.5. The number of hydrogen-bond donors (Lipinski definition) is 0. The Labute approximate surface area is 152 Å². The van der Waals surface area contributed by atoms with E-state index in [0.29, 0.717) is 12.1 Å². The second kappa shape index (κ2) is 6.24. The second-order valence-corrected chi connectivity index (χ2v) is 7.49. The normalized spacial score (nSPS) is 20.8. The monoisotopic (exact) mass is 350 g/mol. The molecular weight excluding hydrogens is 328 g/mol. The molecule has 0 saturated heterocycles. The molecule has 1 atom stereocenters. The molecule has 26 heavy (non-hydrogen) atoms. The van der Waals surface area contributed by atoms with Crippen LogP contribution in [0.1, 0.15) is 60.1 Å². The highest BCUT2D eigenvalue weighted by molar-refractivity contribution is 5.95. The van der Waals surface area contributed by atoms with Crippen molar-refractivity contribution in [2.24, 2.45) is 0 Å². The summed E-state index contributed by atoms with van der Waals surface area (Å²) in [6.45, 7) is 2.74. The van der Waals surface area contributed by atoms with Crippen LogP contribution in [0.2, 0.25) is 0 Å². The lowest BCUT2D eigenvalue weighted by molar-refractivity contribution is -0.384. The van der Waals surface area contributed by atoms with Gasteiger partial charge in [0.2, 0.25) is 0 Å². The Balaban J connectivity index is 1.74. The fourth-order valence-electron chi connectivity index (χ4n) is 4.71. The van der Waals surface area contributed by atoms with Gasteiger partial charge in [0.05, 0.1) is 11.0 Å². The lowest BCUT2D eigenvalue weighted by Crippen LogP contribution is -2.48. The van der Waals surface area contributed by atoms with Crippen LogP contribution in [0.25, 0.3) is 0 Å². The van der Waals surface area contributed by atoms with Gasteiger partial charge in [-0.1, -0.05) is 43.2 Å². The molecule has 1 fully saturated rings. The van der Waals surface area contributed by atoms with Crippen molar-refractivity contribution in [1.82, 2.24) is 4.90 Å². The maximum atomic E-state index is 13.2. The number of carbonyl (C=O) groups is 1. The Morgan fingerprint density at radius 2 is 1.88 bits per heavy atom. The number of rotatable bonds is 2. The minimum Gasteiger partial charge on any atom is -0.331 e. The van der Waals surface area contributed by atoms with E-state index in [1.54, 1.807) is 12.1 Å². The summed E-state index contributed by atoms with van der Waals surface area (Å²) in [5.41, 5.74) is 2.96. The zero-order chi connectivity index (χ0) is 18.3. The van der Waals surface area contributed by atoms with Crippen molar-refractivity contribution in [2.75, 3.05) is 6.54 Å². The van der Waals surface area contributed by atoms with E-state index in [1.165, 1.54) is 36.1 Å². The van der Waals surface area contributed by atoms with E-state index >= 15 is 0 Å². The van der Waals surface area contributed by atoms with E-state index < -0.39 is 4.92 Å². The molecule has 0 radical (unpaired) electrons. The molecule has 2 aromatic carbocycles. The van der Waals surface area contributed by atoms with Gasteiger partial charge in [0.25, 0.3) is 11.6 Å². The topological polar surface area (TPSA) is 63.5 Å². The van der Waals surface area contributed by atoms with Gasteiger partial charge in [0, 0.05) is 29.7 Å². The van der Waals surface area contributed by atoms with E-state index in [-0.39, 0.29) is 23.1 Å². The lowest BCUT2D eigenvalue weighted by atomic mass is 9.72. The van der Waals surface area contributed by atoms with E-state index in [9.17, 15) is 14.9 Å². The summed E-state index contributed by atoms with van der Waals surface area (Å²) >= 11 is 0. The SMILES string of the molecule is C[C@H]1c2ccccc2C2(CCCC2)CN1C(=O)c1cccc([N+](=O)[O-])c1. The molecule has 0 aromatic heterocycles. The molecule has 1 amide bonds. The minimum absolute atomic E-state index is 0.0273. The molecule has 0 unspecified atom stereocenters. The highest BCUT2D eigenvalue weighted by atomic mass is 16.6. The first-order valence-corrected chi connectivity index (χ1v) is 9.17. The van der Waals surface area contributed by atoms with Crippen LogP contribution >= 0.6 is 0 Å². The van der Waals surface area contributed by atoms with E-state index in [2.05, 4.69) is 25.1 Å². The second-order valence-electron chi connectivity index (χ2n) is 7.49. The van der Waals surface area contributed by atoms with Gasteiger partial charge in [-0.2, -0.15) is 0 Å². The van der Waals surface area contributed by atoms with Crippen molar-refractivity contribution < 1.29 is 9.72 Å². The summed E-state index contributed by atoms with van der Waals surface area (Å²) in [4.78, 5) is 25.8. The van der Waals surface area contributed by atoms with Crippen LogP contribution in [0.3, 0.4) is 0 Å². The largest absolute Gasteiger partial charge is 0.331 e. The van der Waals surface area contributed by atoms with Crippen molar-refractivity contribution in [3.8, 4) is 0 Å². The van der Waals surface area contributed by atoms with E-state index in [0.717, 1.165) is 12.8 Å². The third-order valence-corrected chi connectivity index (χ3v) is 6.05. The molecule has 1 spiro atoms. The van der Waals surface area contributed by atoms with Crippen LogP contribution in [0.5, 0.6) is 0 Å². The van der Waals surface area contributed by atoms with Crippen molar-refractivity contribution in [3.63, 3.8) is 0 Å². The number of fused-ring (bicyclic) bond motifs is 2. The molecule has 1 aliphatic heterocycles. The molecule has 0 bridgehead atoms. The van der Waals surface area contributed by atoms with Crippen molar-refractivity contribution in [1.29, 1.82) is 0 Å². The molecule has 2 aliphatic rings. The Morgan fingerprint density at radius 1 is 1.15 bits per heavy atom. The fraction of sp³-hybridized carbons (Fsp3) is 0.381. The van der Waals surface area contributed by atoms with Gasteiger partial charge in [-0.15, -0.1) is 0 Å². The Kier molecular flexibility index (Phi) is 4.02. The number of non-ortho nitro benzene ring substituents is 1. The van der Waals surface area contributed by atoms with Crippen molar-refractivity contribution in [3.05, 3.63) is 75.3 Å². The third-order valence-electron chi connectivity index (χ3n) is 6.05. The van der Waals surface area contributed by atoms with Gasteiger partial charge < -0.3 is 4.90 Å². The number of benzene rings is 2. The van der Waals surface area contributed by atoms with E-state index in [4.69, 9.17) is 0 Å². The minimum atomic E-state index is -0.454. The first-order valence-electron chi connectivity index (χ1n) is 9.17. The van der Waals surface area contributed by atoms with E-state index in [1.807, 2.05) is 11.0 Å². The smallest absolute Gasteiger partial charge is 0.270 e. The van der Waals surface area contributed by atoms with Crippen LogP contribution in [-0.2, 0) is 5.41 Å². The molecular formula is C21H22N2O3. The molecule has 1 aliphatic carbocycles. The maximum absolute atomic E-state index is 13.2. The quantitative estimate of drug-likeness (QED) is 0.586. The molecule has 1 saturated carbocycles. The summed E-state index contributed by atoms with van der Waals surface area (Å²) in [5, 5.41) is 11.1. The van der Waals surface area contributed by atoms with Crippen molar-refractivity contribution >= 4 is 11.6 Å². The van der Waals surface area contributed by atoms with Gasteiger partial charge in [-0.25, -0.2) is 0 Å². The third kappa shape index (κ3) is 2.59. The number of nitro benzene ring substituents is 1. The molecule has 2 aromatic rings. The maximum Gasteiger partial charge on any atom is 0.270 e. The molecule has 0 N–H and O–H groups in total. The molecule has 134 valence electrons. The van der Waals surface area contributed by atoms with Crippen molar-refractivity contribution in [2.45, 2.75) is 44.1 Å². The lowest BCUT2D eigenvalue weighted by Gasteiger charge is -2.46. The Hall–Kier alpha value is -2.69. The summed E-state index contributed by atoms with van der Waals surface area (Å²) in [5.74, 6) is -0.123. The van der Waals surface area contributed by atoms with Gasteiger partial charge in [0.15, 0.2) is 0 Å². The molecule has 1 heterocycles. The number of amides is 1. The number of hydrogen-bond acceptors (Lipinski definition) is 3. The summed E-state index contributed by atoms with van der Waals surface area (Å²) in [6.07, 6.45) is 4.55. The summed E-state index contributed by atoms with van der Waals surface area (Å²) < 4.78 is 0. The standard InChI is InChI=1S/C21H22N2O3/c1-15-18-9-2-3-10-19(18)21(11-4-5-12-21)14-22(15)20(24)16-7-6-8-17(13-16)23(25)26/h2-3,6-10,13,15H,4-5,11-12,14H2,1H3/t15-/m0/s1. The average Bonchev–Trinajstić information content (AvgIpc) is 3.14. The van der Waals surface area contributed by atoms with Crippen LogP contribution < -0.4 is 0 Å². The fourth-order valence-corrected chi connectivity index (χ4v) is 4.71. The first kappa shape index (κ1) is 16.8. The Morgan fingerprint density at radius 3 is 2.62 bits per heavy atom. The number of nitrogens with zero attached hydrogens (tertiary/aromatic N) is 2. The highest BCUT2D eigenvalue weighted by Gasteiger charge is 2.45. The first-order chi connectivity index (χ1) is 12.5. The summed E-state index contributed by atoms with van der Waals surface area (Å²) in [7, 11) is 0. The van der Waals surface area contributed by atoms with Gasteiger partial charge in [0.1, 0.15) is 0 Å². The molecule has 5 nitrogen and oxygen atoms in total. The zero-order valence-electron chi connectivity index (χ0n) is 14.9. The molecule has 4 rings (SSSR count). The molecule has 5 heteroatoms. The van der Waals surface area contributed by atoms with Crippen LogP contribution in [0.15, 0.2) is 48.5 Å².